The highest BCUT2D eigenvalue weighted by Gasteiger charge is 2.26. The van der Waals surface area contributed by atoms with E-state index in [9.17, 15) is 13.2 Å². The second kappa shape index (κ2) is 9.30. The summed E-state index contributed by atoms with van der Waals surface area (Å²) < 4.78 is 31.6. The number of carbonyl (C=O) groups is 1. The molecule has 2 aromatic rings. The maximum Gasteiger partial charge on any atom is 0.251 e. The van der Waals surface area contributed by atoms with Crippen LogP contribution in [0.25, 0.3) is 0 Å². The number of nitrogens with zero attached hydrogens (tertiary/aromatic N) is 2. The monoisotopic (exact) mass is 439 g/mol. The first-order valence-electron chi connectivity index (χ1n) is 9.58. The lowest BCUT2D eigenvalue weighted by Gasteiger charge is -2.33. The Morgan fingerprint density at radius 1 is 1.24 bits per heavy atom. The number of halogens is 1. The summed E-state index contributed by atoms with van der Waals surface area (Å²) in [6, 6.07) is 7.96. The molecular formula is C20H26ClN3O4S. The van der Waals surface area contributed by atoms with Crippen LogP contribution in [0.1, 0.15) is 41.4 Å². The third-order valence-corrected chi connectivity index (χ3v) is 7.41. The van der Waals surface area contributed by atoms with Gasteiger partial charge >= 0.3 is 0 Å². The van der Waals surface area contributed by atoms with Gasteiger partial charge in [-0.15, -0.1) is 0 Å². The summed E-state index contributed by atoms with van der Waals surface area (Å²) in [5.41, 5.74) is 0.242. The standard InChI is InChI=1S/C20H26ClN3O4S/c1-23(2)29(26,27)19-13-15(8-9-16(19)21)20(25)22-14-17(18-7-6-12-28-18)24-10-4-3-5-11-24/h6-9,12-13,17H,3-5,10-11,14H2,1-2H3,(H,22,25). The summed E-state index contributed by atoms with van der Waals surface area (Å²) >= 11 is 6.07. The number of sulfonamides is 1. The van der Waals surface area contributed by atoms with Crippen molar-refractivity contribution in [2.75, 3.05) is 33.7 Å². The normalized spacial score (nSPS) is 16.7. The van der Waals surface area contributed by atoms with Gasteiger partial charge in [-0.2, -0.15) is 0 Å². The van der Waals surface area contributed by atoms with Crippen molar-refractivity contribution >= 4 is 27.5 Å². The fourth-order valence-electron chi connectivity index (χ4n) is 3.45. The summed E-state index contributed by atoms with van der Waals surface area (Å²) in [7, 11) is -0.906. The smallest absolute Gasteiger partial charge is 0.251 e. The van der Waals surface area contributed by atoms with Gasteiger partial charge in [0.05, 0.1) is 17.3 Å². The molecule has 1 aromatic carbocycles. The van der Waals surface area contributed by atoms with Crippen LogP contribution in [0.15, 0.2) is 45.9 Å². The van der Waals surface area contributed by atoms with Crippen LogP contribution in [0.5, 0.6) is 0 Å². The van der Waals surface area contributed by atoms with E-state index in [0.29, 0.717) is 6.54 Å². The van der Waals surface area contributed by atoms with E-state index in [1.807, 2.05) is 12.1 Å². The molecular weight excluding hydrogens is 414 g/mol. The molecule has 1 aliphatic rings. The molecule has 0 bridgehead atoms. The minimum atomic E-state index is -3.75. The summed E-state index contributed by atoms with van der Waals surface area (Å²) in [5, 5.41) is 3.00. The molecule has 1 amide bonds. The molecule has 9 heteroatoms. The van der Waals surface area contributed by atoms with Gasteiger partial charge in [-0.1, -0.05) is 18.0 Å². The third-order valence-electron chi connectivity index (χ3n) is 5.11. The van der Waals surface area contributed by atoms with Crippen LogP contribution in [0.3, 0.4) is 0 Å². The van der Waals surface area contributed by atoms with Crippen LogP contribution in [0, 0.1) is 0 Å². The molecule has 1 unspecified atom stereocenters. The number of hydrogen-bond donors (Lipinski definition) is 1. The Morgan fingerprint density at radius 3 is 2.59 bits per heavy atom. The zero-order valence-corrected chi connectivity index (χ0v) is 18.2. The van der Waals surface area contributed by atoms with Crippen molar-refractivity contribution in [2.24, 2.45) is 0 Å². The molecule has 1 aliphatic heterocycles. The average Bonchev–Trinajstić information content (AvgIpc) is 3.23. The van der Waals surface area contributed by atoms with Crippen LogP contribution in [0.4, 0.5) is 0 Å². The number of carbonyl (C=O) groups excluding carboxylic acids is 1. The van der Waals surface area contributed by atoms with Gasteiger partial charge in [0.1, 0.15) is 10.7 Å². The molecule has 2 heterocycles. The highest BCUT2D eigenvalue weighted by Crippen LogP contribution is 2.26. The van der Waals surface area contributed by atoms with Crippen LogP contribution in [-0.4, -0.2) is 57.3 Å². The molecule has 0 saturated carbocycles. The first-order chi connectivity index (χ1) is 13.8. The largest absolute Gasteiger partial charge is 0.468 e. The maximum absolute atomic E-state index is 12.8. The number of benzene rings is 1. The lowest BCUT2D eigenvalue weighted by Crippen LogP contribution is -2.40. The molecule has 0 aliphatic carbocycles. The predicted molar refractivity (Wildman–Crippen MR) is 112 cm³/mol. The van der Waals surface area contributed by atoms with Crippen LogP contribution < -0.4 is 5.32 Å². The molecule has 1 fully saturated rings. The SMILES string of the molecule is CN(C)S(=O)(=O)c1cc(C(=O)NCC(c2ccco2)N2CCCCC2)ccc1Cl. The van der Waals surface area contributed by atoms with E-state index in [4.69, 9.17) is 16.0 Å². The Kier molecular flexibility index (Phi) is 7.00. The second-order valence-corrected chi connectivity index (χ2v) is 9.80. The summed E-state index contributed by atoms with van der Waals surface area (Å²) in [6.45, 7) is 2.27. The first-order valence-corrected chi connectivity index (χ1v) is 11.4. The number of amides is 1. The number of piperidine rings is 1. The summed E-state index contributed by atoms with van der Waals surface area (Å²) in [6.07, 6.45) is 5.08. The van der Waals surface area contributed by atoms with Gasteiger partial charge in [-0.25, -0.2) is 12.7 Å². The van der Waals surface area contributed by atoms with Gasteiger partial charge in [-0.3, -0.25) is 9.69 Å². The third kappa shape index (κ3) is 5.01. The minimum absolute atomic E-state index is 0.0634. The Morgan fingerprint density at radius 2 is 1.97 bits per heavy atom. The number of rotatable bonds is 7. The number of hydrogen-bond acceptors (Lipinski definition) is 5. The highest BCUT2D eigenvalue weighted by atomic mass is 35.5. The summed E-state index contributed by atoms with van der Waals surface area (Å²) in [5.74, 6) is 0.449. The zero-order chi connectivity index (χ0) is 21.0. The first kappa shape index (κ1) is 21.8. The molecule has 158 valence electrons. The molecule has 1 aromatic heterocycles. The molecule has 1 saturated heterocycles. The van der Waals surface area contributed by atoms with Gasteiger partial charge in [0.25, 0.3) is 5.91 Å². The Hall–Kier alpha value is -1.87. The fraction of sp³-hybridized carbons (Fsp3) is 0.450. The second-order valence-electron chi connectivity index (χ2n) is 7.27. The Balaban J connectivity index is 1.77. The van der Waals surface area contributed by atoms with E-state index >= 15 is 0 Å². The van der Waals surface area contributed by atoms with Crippen molar-refractivity contribution in [1.29, 1.82) is 0 Å². The molecule has 3 rings (SSSR count). The van der Waals surface area contributed by atoms with Crippen LogP contribution >= 0.6 is 11.6 Å². The minimum Gasteiger partial charge on any atom is -0.468 e. The van der Waals surface area contributed by atoms with Gasteiger partial charge in [-0.05, 0) is 56.3 Å². The lowest BCUT2D eigenvalue weighted by atomic mass is 10.1. The molecule has 1 atom stereocenters. The van der Waals surface area contributed by atoms with Crippen LogP contribution in [0.2, 0.25) is 5.02 Å². The van der Waals surface area contributed by atoms with E-state index < -0.39 is 10.0 Å². The van der Waals surface area contributed by atoms with Crippen molar-refractivity contribution in [2.45, 2.75) is 30.2 Å². The van der Waals surface area contributed by atoms with Crippen molar-refractivity contribution in [3.8, 4) is 0 Å². The molecule has 0 spiro atoms. The molecule has 0 radical (unpaired) electrons. The number of furan rings is 1. The van der Waals surface area contributed by atoms with E-state index in [1.165, 1.54) is 38.7 Å². The van der Waals surface area contributed by atoms with Crippen molar-refractivity contribution in [1.82, 2.24) is 14.5 Å². The van der Waals surface area contributed by atoms with E-state index in [-0.39, 0.29) is 27.4 Å². The van der Waals surface area contributed by atoms with Crippen molar-refractivity contribution < 1.29 is 17.6 Å². The van der Waals surface area contributed by atoms with Gasteiger partial charge in [0.2, 0.25) is 10.0 Å². The topological polar surface area (TPSA) is 82.9 Å². The quantitative estimate of drug-likeness (QED) is 0.716. The zero-order valence-electron chi connectivity index (χ0n) is 16.6. The average molecular weight is 440 g/mol. The van der Waals surface area contributed by atoms with Crippen LogP contribution in [-0.2, 0) is 10.0 Å². The van der Waals surface area contributed by atoms with Gasteiger partial charge < -0.3 is 9.73 Å². The molecule has 29 heavy (non-hydrogen) atoms. The Labute approximate surface area is 176 Å². The maximum atomic E-state index is 12.8. The van der Waals surface area contributed by atoms with E-state index in [0.717, 1.165) is 36.0 Å². The van der Waals surface area contributed by atoms with E-state index in [2.05, 4.69) is 10.2 Å². The van der Waals surface area contributed by atoms with Gasteiger partial charge in [0.15, 0.2) is 0 Å². The lowest BCUT2D eigenvalue weighted by molar-refractivity contribution is 0.0914. The predicted octanol–water partition coefficient (Wildman–Crippen LogP) is 3.14. The Bertz CT molecular complexity index is 939. The number of nitrogens with one attached hydrogen (secondary N) is 1. The molecule has 1 N–H and O–H groups in total. The van der Waals surface area contributed by atoms with E-state index in [1.54, 1.807) is 6.26 Å². The molecule has 7 nitrogen and oxygen atoms in total. The van der Waals surface area contributed by atoms with Crippen molar-refractivity contribution in [3.63, 3.8) is 0 Å². The van der Waals surface area contributed by atoms with Crippen molar-refractivity contribution in [3.05, 3.63) is 52.9 Å². The fourth-order valence-corrected chi connectivity index (χ4v) is 4.84. The number of likely N-dealkylation sites (tertiary alicyclic amines) is 1. The van der Waals surface area contributed by atoms with Gasteiger partial charge in [0, 0.05) is 26.2 Å². The highest BCUT2D eigenvalue weighted by molar-refractivity contribution is 7.89. The summed E-state index contributed by atoms with van der Waals surface area (Å²) in [4.78, 5) is 15.0.